The van der Waals surface area contributed by atoms with Gasteiger partial charge < -0.3 is 26.0 Å². The van der Waals surface area contributed by atoms with Gasteiger partial charge in [0.25, 0.3) is 0 Å². The van der Waals surface area contributed by atoms with Crippen LogP contribution >= 0.6 is 12.2 Å². The minimum Gasteiger partial charge on any atom is -0.386 e. The van der Waals surface area contributed by atoms with Crippen LogP contribution in [0.15, 0.2) is 54.6 Å². The third-order valence-corrected chi connectivity index (χ3v) is 5.45. The number of hydrogen-bond donors (Lipinski definition) is 4. The van der Waals surface area contributed by atoms with E-state index < -0.39 is 48.9 Å². The molecular formula is C25H27F3N4O5S. The van der Waals surface area contributed by atoms with Crippen LogP contribution < -0.4 is 21.3 Å². The quantitative estimate of drug-likeness (QED) is 0.145. The molecule has 2 rings (SSSR count). The second-order valence-electron chi connectivity index (χ2n) is 7.96. The van der Waals surface area contributed by atoms with Crippen molar-refractivity contribution in [1.29, 1.82) is 0 Å². The number of carbonyl (C=O) groups excluding carboxylic acids is 4. The first kappa shape index (κ1) is 30.2. The van der Waals surface area contributed by atoms with Gasteiger partial charge in [0, 0.05) is 20.0 Å². The van der Waals surface area contributed by atoms with Crippen molar-refractivity contribution in [3.05, 3.63) is 60.2 Å². The van der Waals surface area contributed by atoms with Gasteiger partial charge in [0.1, 0.15) is 0 Å². The number of rotatable bonds is 11. The fourth-order valence-corrected chi connectivity index (χ4v) is 3.31. The molecule has 204 valence electrons. The van der Waals surface area contributed by atoms with Gasteiger partial charge in [-0.25, -0.2) is 4.79 Å². The normalized spacial score (nSPS) is 11.6. The first-order valence-electron chi connectivity index (χ1n) is 11.5. The summed E-state index contributed by atoms with van der Waals surface area (Å²) >= 11 is 4.92. The van der Waals surface area contributed by atoms with Crippen LogP contribution in [-0.2, 0) is 23.9 Å². The fraction of sp³-hybridized carbons (Fsp3) is 0.320. The van der Waals surface area contributed by atoms with Gasteiger partial charge in [-0.2, -0.15) is 13.2 Å². The summed E-state index contributed by atoms with van der Waals surface area (Å²) in [5, 5.41) is 11.0. The van der Waals surface area contributed by atoms with E-state index >= 15 is 0 Å². The molecule has 0 bridgehead atoms. The number of thiocarbonyl (C=S) groups is 1. The lowest BCUT2D eigenvalue weighted by molar-refractivity contribution is -0.202. The highest BCUT2D eigenvalue weighted by Gasteiger charge is 2.42. The smallest absolute Gasteiger partial charge is 0.386 e. The molecule has 2 aromatic rings. The minimum absolute atomic E-state index is 0.114. The molecule has 0 aliphatic heterocycles. The number of ether oxygens (including phenoxy) is 1. The number of alkyl halides is 3. The minimum atomic E-state index is -5.34. The molecule has 4 N–H and O–H groups in total. The van der Waals surface area contributed by atoms with Gasteiger partial charge in [-0.05, 0) is 35.3 Å². The molecule has 0 aromatic heterocycles. The van der Waals surface area contributed by atoms with Crippen LogP contribution in [0.5, 0.6) is 0 Å². The molecule has 0 aliphatic carbocycles. The Kier molecular flexibility index (Phi) is 11.7. The number of carbonyl (C=O) groups is 4. The summed E-state index contributed by atoms with van der Waals surface area (Å²) in [4.78, 5) is 47.6. The van der Waals surface area contributed by atoms with Gasteiger partial charge >= 0.3 is 18.1 Å². The standard InChI is InChI=1S/C25H27F3N4O5S/c1-29-24(38)30-13-5-8-20(33)31-15-21(34)32-19(14-22(35)37-23(36)25(26,27)28)18-11-9-17(10-12-18)16-6-3-2-4-7-16/h2-4,6-7,9-12,19H,5,8,13-15H2,1H3,(H,31,33)(H,32,34)(H2,29,30,38). The van der Waals surface area contributed by atoms with Gasteiger partial charge in [-0.1, -0.05) is 54.6 Å². The summed E-state index contributed by atoms with van der Waals surface area (Å²) < 4.78 is 41.3. The molecule has 9 nitrogen and oxygen atoms in total. The van der Waals surface area contributed by atoms with E-state index in [1.54, 1.807) is 31.3 Å². The number of nitrogens with one attached hydrogen (secondary N) is 4. The summed E-state index contributed by atoms with van der Waals surface area (Å²) in [6.07, 6.45) is -5.53. The summed E-state index contributed by atoms with van der Waals surface area (Å²) in [5.74, 6) is -5.22. The highest BCUT2D eigenvalue weighted by molar-refractivity contribution is 7.80. The van der Waals surface area contributed by atoms with Gasteiger partial charge in [0.2, 0.25) is 11.8 Å². The van der Waals surface area contributed by atoms with Crippen molar-refractivity contribution in [2.24, 2.45) is 0 Å². The lowest BCUT2D eigenvalue weighted by atomic mass is 9.99. The Bertz CT molecular complexity index is 1130. The number of hydrogen-bond acceptors (Lipinski definition) is 6. The lowest BCUT2D eigenvalue weighted by Gasteiger charge is -2.19. The van der Waals surface area contributed by atoms with E-state index in [1.165, 1.54) is 0 Å². The fourth-order valence-electron chi connectivity index (χ4n) is 3.21. The Morgan fingerprint density at radius 3 is 2.16 bits per heavy atom. The van der Waals surface area contributed by atoms with Crippen LogP contribution in [0.3, 0.4) is 0 Å². The van der Waals surface area contributed by atoms with E-state index in [9.17, 15) is 32.3 Å². The predicted molar refractivity (Wildman–Crippen MR) is 136 cm³/mol. The molecule has 0 heterocycles. The lowest BCUT2D eigenvalue weighted by Crippen LogP contribution is -2.40. The summed E-state index contributed by atoms with van der Waals surface area (Å²) in [6.45, 7) is 0.00934. The van der Waals surface area contributed by atoms with Crippen molar-refractivity contribution < 1.29 is 37.1 Å². The SMILES string of the molecule is CNC(=S)NCCCC(=O)NCC(=O)NC(CC(=O)OC(=O)C(F)(F)F)c1ccc(-c2ccccc2)cc1. The van der Waals surface area contributed by atoms with Gasteiger partial charge in [-0.15, -0.1) is 0 Å². The molecule has 1 atom stereocenters. The Balaban J connectivity index is 2.02. The van der Waals surface area contributed by atoms with E-state index in [0.717, 1.165) is 11.1 Å². The number of esters is 2. The summed E-state index contributed by atoms with van der Waals surface area (Å²) in [6, 6.07) is 14.8. The van der Waals surface area contributed by atoms with Crippen molar-refractivity contribution in [2.45, 2.75) is 31.5 Å². The molecule has 0 saturated heterocycles. The maximum Gasteiger partial charge on any atom is 0.491 e. The van der Waals surface area contributed by atoms with Gasteiger partial charge in [-0.3, -0.25) is 14.4 Å². The van der Waals surface area contributed by atoms with E-state index in [1.807, 2.05) is 30.3 Å². The Morgan fingerprint density at radius 1 is 0.921 bits per heavy atom. The second kappa shape index (κ2) is 14.7. The molecule has 1 unspecified atom stereocenters. The van der Waals surface area contributed by atoms with Crippen LogP contribution in [0.1, 0.15) is 30.9 Å². The first-order chi connectivity index (χ1) is 18.0. The van der Waals surface area contributed by atoms with E-state index in [-0.39, 0.29) is 6.42 Å². The van der Waals surface area contributed by atoms with Crippen molar-refractivity contribution in [3.63, 3.8) is 0 Å². The topological polar surface area (TPSA) is 126 Å². The number of amides is 2. The maximum atomic E-state index is 12.5. The van der Waals surface area contributed by atoms with Crippen molar-refractivity contribution in [1.82, 2.24) is 21.3 Å². The maximum absolute atomic E-state index is 12.5. The van der Waals surface area contributed by atoms with Crippen LogP contribution in [0.2, 0.25) is 0 Å². The van der Waals surface area contributed by atoms with Crippen molar-refractivity contribution in [2.75, 3.05) is 20.1 Å². The van der Waals surface area contributed by atoms with Crippen LogP contribution in [0.4, 0.5) is 13.2 Å². The summed E-state index contributed by atoms with van der Waals surface area (Å²) in [5.41, 5.74) is 2.11. The molecule has 2 aromatic carbocycles. The average Bonchev–Trinajstić information content (AvgIpc) is 2.89. The van der Waals surface area contributed by atoms with E-state index in [2.05, 4.69) is 26.0 Å². The van der Waals surface area contributed by atoms with E-state index in [4.69, 9.17) is 12.2 Å². The third-order valence-electron chi connectivity index (χ3n) is 5.10. The molecule has 0 aliphatic rings. The highest BCUT2D eigenvalue weighted by Crippen LogP contribution is 2.24. The second-order valence-corrected chi connectivity index (χ2v) is 8.37. The van der Waals surface area contributed by atoms with Crippen LogP contribution in [-0.4, -0.2) is 55.2 Å². The van der Waals surface area contributed by atoms with Crippen molar-refractivity contribution >= 4 is 41.1 Å². The highest BCUT2D eigenvalue weighted by atomic mass is 32.1. The van der Waals surface area contributed by atoms with Crippen molar-refractivity contribution in [3.8, 4) is 11.1 Å². The van der Waals surface area contributed by atoms with Gasteiger partial charge in [0.05, 0.1) is 19.0 Å². The zero-order valence-corrected chi connectivity index (χ0v) is 21.2. The number of benzene rings is 2. The van der Waals surface area contributed by atoms with Gasteiger partial charge in [0.15, 0.2) is 5.11 Å². The Labute approximate surface area is 222 Å². The Hall–Kier alpha value is -4.00. The van der Waals surface area contributed by atoms with Crippen LogP contribution in [0.25, 0.3) is 11.1 Å². The summed E-state index contributed by atoms with van der Waals surface area (Å²) in [7, 11) is 1.65. The van der Waals surface area contributed by atoms with Crippen LogP contribution in [0, 0.1) is 0 Å². The third kappa shape index (κ3) is 10.5. The average molecular weight is 553 g/mol. The molecule has 0 saturated carbocycles. The number of halogens is 3. The molecule has 0 spiro atoms. The first-order valence-corrected chi connectivity index (χ1v) is 11.9. The zero-order chi connectivity index (χ0) is 28.1. The predicted octanol–water partition coefficient (Wildman–Crippen LogP) is 2.52. The van der Waals surface area contributed by atoms with E-state index in [0.29, 0.717) is 23.6 Å². The molecule has 2 amide bonds. The monoisotopic (exact) mass is 552 g/mol. The molecule has 38 heavy (non-hydrogen) atoms. The molecule has 0 radical (unpaired) electrons. The Morgan fingerprint density at radius 2 is 1.55 bits per heavy atom. The molecular weight excluding hydrogens is 525 g/mol. The molecule has 13 heteroatoms. The molecule has 0 fully saturated rings. The zero-order valence-electron chi connectivity index (χ0n) is 20.4. The largest absolute Gasteiger partial charge is 0.491 e.